The van der Waals surface area contributed by atoms with Crippen LogP contribution in [0.3, 0.4) is 0 Å². The van der Waals surface area contributed by atoms with Crippen LogP contribution in [0.15, 0.2) is 0 Å². The van der Waals surface area contributed by atoms with E-state index in [1.54, 1.807) is 0 Å². The van der Waals surface area contributed by atoms with Crippen LogP contribution in [-0.2, 0) is 14.5 Å². The monoisotopic (exact) mass is 74.0 g/mol. The molecule has 0 bridgehead atoms. The molecule has 0 aromatic heterocycles. The highest BCUT2D eigenvalue weighted by Gasteiger charge is 2.64. The summed E-state index contributed by atoms with van der Waals surface area (Å²) in [6.07, 6.45) is 0. The lowest BCUT2D eigenvalue weighted by molar-refractivity contribution is 0.0850. The Hall–Kier alpha value is -0.120. The Morgan fingerprint density at radius 3 is 2.00 bits per heavy atom. The van der Waals surface area contributed by atoms with E-state index in [0.717, 1.165) is 0 Å². The van der Waals surface area contributed by atoms with Crippen LogP contribution in [0.4, 0.5) is 0 Å². The van der Waals surface area contributed by atoms with Gasteiger partial charge >= 0.3 is 5.97 Å². The van der Waals surface area contributed by atoms with Crippen LogP contribution in [0, 0.1) is 0 Å². The van der Waals surface area contributed by atoms with Crippen molar-refractivity contribution in [3.05, 3.63) is 0 Å². The van der Waals surface area contributed by atoms with Crippen molar-refractivity contribution in [3.63, 3.8) is 0 Å². The van der Waals surface area contributed by atoms with Crippen molar-refractivity contribution in [2.45, 2.75) is 5.97 Å². The minimum absolute atomic E-state index is 0.500. The second kappa shape index (κ2) is 0.330. The van der Waals surface area contributed by atoms with Crippen molar-refractivity contribution in [1.29, 1.82) is 0 Å². The third-order valence-electron chi connectivity index (χ3n) is 0.649. The quantitative estimate of drug-likeness (QED) is 0.290. The molecule has 0 aromatic carbocycles. The van der Waals surface area contributed by atoms with E-state index in [2.05, 4.69) is 14.5 Å². The first-order valence-corrected chi connectivity index (χ1v) is 1.42. The van der Waals surface area contributed by atoms with Gasteiger partial charge in [-0.25, -0.2) is 0 Å². The Morgan fingerprint density at radius 1 is 1.40 bits per heavy atom. The maximum absolute atomic E-state index is 4.56. The van der Waals surface area contributed by atoms with Gasteiger partial charge in [0.25, 0.3) is 0 Å². The average Bonchev–Trinajstić information content (AvgIpc) is 2.17. The minimum atomic E-state index is -0.500. The maximum atomic E-state index is 4.56. The van der Waals surface area contributed by atoms with E-state index < -0.39 is 5.97 Å². The van der Waals surface area contributed by atoms with Gasteiger partial charge in [-0.3, -0.25) is 0 Å². The van der Waals surface area contributed by atoms with Crippen molar-refractivity contribution in [1.82, 2.24) is 0 Å². The fraction of sp³-hybridized carbons (Fsp3) is 1.00. The fourth-order valence-corrected chi connectivity index (χ4v) is 0.202. The summed E-state index contributed by atoms with van der Waals surface area (Å²) < 4.78 is 4.56. The minimum Gasteiger partial charge on any atom is -0.313 e. The van der Waals surface area contributed by atoms with Gasteiger partial charge in [-0.15, -0.1) is 0 Å². The predicted octanol–water partition coefficient (Wildman–Crippen LogP) is -0.368. The molecule has 2 fully saturated rings. The number of rotatable bonds is 0. The van der Waals surface area contributed by atoms with E-state index in [-0.39, 0.29) is 0 Å². The fourth-order valence-electron chi connectivity index (χ4n) is 0.202. The molecule has 0 N–H and O–H groups in total. The zero-order valence-electron chi connectivity index (χ0n) is 2.43. The lowest BCUT2D eigenvalue weighted by Gasteiger charge is -1.43. The lowest BCUT2D eigenvalue weighted by atomic mass is 10.8. The van der Waals surface area contributed by atoms with E-state index in [9.17, 15) is 0 Å². The van der Waals surface area contributed by atoms with Crippen LogP contribution in [0.5, 0.6) is 0 Å². The molecule has 2 rings (SSSR count). The molecular weight excluding hydrogens is 72.0 g/mol. The summed E-state index contributed by atoms with van der Waals surface area (Å²) >= 11 is 0. The molecule has 2 saturated heterocycles. The van der Waals surface area contributed by atoms with Crippen LogP contribution in [-0.4, -0.2) is 12.6 Å². The van der Waals surface area contributed by atoms with Crippen LogP contribution >= 0.6 is 0 Å². The number of hydrogen-bond donors (Lipinski definition) is 0. The van der Waals surface area contributed by atoms with Gasteiger partial charge in [0, 0.05) is 0 Å². The van der Waals surface area contributed by atoms with Crippen molar-refractivity contribution in [3.8, 4) is 0 Å². The topological polar surface area (TPSA) is 37.6 Å². The van der Waals surface area contributed by atoms with Gasteiger partial charge in [-0.2, -0.15) is 9.78 Å². The van der Waals surface area contributed by atoms with Crippen LogP contribution < -0.4 is 0 Å². The molecule has 0 unspecified atom stereocenters. The molecule has 0 aromatic rings. The summed E-state index contributed by atoms with van der Waals surface area (Å²) in [6.45, 7) is 0.618. The van der Waals surface area contributed by atoms with Crippen molar-refractivity contribution >= 4 is 0 Å². The molecule has 3 heteroatoms. The van der Waals surface area contributed by atoms with Gasteiger partial charge in [0.2, 0.25) is 0 Å². The van der Waals surface area contributed by atoms with E-state index in [4.69, 9.17) is 0 Å². The normalized spacial score (nSPS) is 38.4. The molecule has 2 aliphatic heterocycles. The summed E-state index contributed by atoms with van der Waals surface area (Å²) in [4.78, 5) is 8.57. The van der Waals surface area contributed by atoms with Gasteiger partial charge in [0.1, 0.15) is 6.61 Å². The molecule has 2 heterocycles. The lowest BCUT2D eigenvalue weighted by Crippen LogP contribution is -1.73. The number of ether oxygens (including phenoxy) is 1. The van der Waals surface area contributed by atoms with Crippen molar-refractivity contribution in [2.24, 2.45) is 0 Å². The molecule has 0 aliphatic carbocycles. The summed E-state index contributed by atoms with van der Waals surface area (Å²) in [5.74, 6) is -0.500. The molecular formula is C2H2O3. The first-order chi connectivity index (χ1) is 2.41. The van der Waals surface area contributed by atoms with E-state index >= 15 is 0 Å². The molecule has 0 amide bonds. The largest absolute Gasteiger partial charge is 0.363 e. The molecule has 28 valence electrons. The highest BCUT2D eigenvalue weighted by Crippen LogP contribution is 2.42. The highest BCUT2D eigenvalue weighted by atomic mass is 17.5. The Morgan fingerprint density at radius 2 is 2.00 bits per heavy atom. The molecule has 3 nitrogen and oxygen atoms in total. The second-order valence-electron chi connectivity index (χ2n) is 1.14. The first-order valence-electron chi connectivity index (χ1n) is 1.42. The Kier molecular flexibility index (Phi) is 0.140. The van der Waals surface area contributed by atoms with Gasteiger partial charge < -0.3 is 4.74 Å². The zero-order chi connectivity index (χ0) is 3.33. The average molecular weight is 74.0 g/mol. The third-order valence-corrected chi connectivity index (χ3v) is 0.649. The van der Waals surface area contributed by atoms with Crippen LogP contribution in [0.2, 0.25) is 0 Å². The standard InChI is InChI=1S/C2H2O3/c1-2(3-1)4-5-2/h1H2. The maximum Gasteiger partial charge on any atom is 0.363 e. The Balaban J connectivity index is 2.30. The summed E-state index contributed by atoms with van der Waals surface area (Å²) in [5.41, 5.74) is 0. The van der Waals surface area contributed by atoms with Crippen molar-refractivity contribution < 1.29 is 14.5 Å². The molecule has 5 heavy (non-hydrogen) atoms. The SMILES string of the molecule is C1OC12OO2. The van der Waals surface area contributed by atoms with Gasteiger partial charge in [-0.1, -0.05) is 0 Å². The summed E-state index contributed by atoms with van der Waals surface area (Å²) in [6, 6.07) is 0. The van der Waals surface area contributed by atoms with E-state index in [1.165, 1.54) is 0 Å². The van der Waals surface area contributed by atoms with Gasteiger partial charge in [-0.05, 0) is 0 Å². The smallest absolute Gasteiger partial charge is 0.313 e. The molecule has 0 radical (unpaired) electrons. The number of hydrogen-bond acceptors (Lipinski definition) is 3. The first kappa shape index (κ1) is 2.12. The molecule has 2 aliphatic rings. The van der Waals surface area contributed by atoms with Crippen LogP contribution in [0.25, 0.3) is 0 Å². The van der Waals surface area contributed by atoms with E-state index in [1.807, 2.05) is 0 Å². The summed E-state index contributed by atoms with van der Waals surface area (Å²) in [7, 11) is 0. The predicted molar refractivity (Wildman–Crippen MR) is 10.9 cm³/mol. The summed E-state index contributed by atoms with van der Waals surface area (Å²) in [5, 5.41) is 0. The zero-order valence-corrected chi connectivity index (χ0v) is 2.43. The molecule has 0 atom stereocenters. The van der Waals surface area contributed by atoms with Crippen LogP contribution in [0.1, 0.15) is 0 Å². The van der Waals surface area contributed by atoms with E-state index in [0.29, 0.717) is 6.61 Å². The molecule has 0 saturated carbocycles. The Labute approximate surface area is 28.4 Å². The highest BCUT2D eigenvalue weighted by molar-refractivity contribution is 4.72. The van der Waals surface area contributed by atoms with Gasteiger partial charge in [0.15, 0.2) is 0 Å². The molecule has 1 spiro atoms. The Bertz CT molecular complexity index is 47.8. The van der Waals surface area contributed by atoms with Gasteiger partial charge in [0.05, 0.1) is 0 Å². The third kappa shape index (κ3) is 0.140. The van der Waals surface area contributed by atoms with Crippen molar-refractivity contribution in [2.75, 3.05) is 6.61 Å². The second-order valence-corrected chi connectivity index (χ2v) is 1.14. The number of epoxide rings is 1.